The van der Waals surface area contributed by atoms with Crippen molar-refractivity contribution in [3.8, 4) is 5.75 Å². The molecule has 0 heterocycles. The number of hydrogen-bond donors (Lipinski definition) is 1. The van der Waals surface area contributed by atoms with E-state index in [1.807, 2.05) is 18.2 Å². The van der Waals surface area contributed by atoms with Gasteiger partial charge in [0.2, 0.25) is 0 Å². The summed E-state index contributed by atoms with van der Waals surface area (Å²) < 4.78 is 7.09. The van der Waals surface area contributed by atoms with E-state index in [0.29, 0.717) is 12.0 Å². The van der Waals surface area contributed by atoms with Crippen LogP contribution in [0.3, 0.4) is 0 Å². The van der Waals surface area contributed by atoms with E-state index < -0.39 is 0 Å². The van der Waals surface area contributed by atoms with Gasteiger partial charge in [-0.05, 0) is 43.7 Å². The molecule has 2 atom stereocenters. The van der Waals surface area contributed by atoms with Crippen LogP contribution in [0.5, 0.6) is 5.75 Å². The molecule has 17 heavy (non-hydrogen) atoms. The number of nitrogen functional groups attached to an aromatic ring is 1. The first-order chi connectivity index (χ1) is 8.19. The summed E-state index contributed by atoms with van der Waals surface area (Å²) in [6, 6.07) is 5.80. The van der Waals surface area contributed by atoms with Gasteiger partial charge < -0.3 is 10.5 Å². The van der Waals surface area contributed by atoms with E-state index in [9.17, 15) is 0 Å². The van der Waals surface area contributed by atoms with E-state index >= 15 is 0 Å². The van der Waals surface area contributed by atoms with Crippen LogP contribution < -0.4 is 10.5 Å². The molecule has 0 aliphatic heterocycles. The lowest BCUT2D eigenvalue weighted by Gasteiger charge is -2.31. The van der Waals surface area contributed by atoms with Gasteiger partial charge in [-0.25, -0.2) is 0 Å². The highest BCUT2D eigenvalue weighted by atomic mass is 79.9. The molecule has 2 rings (SSSR count). The average Bonchev–Trinajstić information content (AvgIpc) is 2.28. The molecule has 0 aromatic heterocycles. The SMILES string of the molecule is CCC1CCCCC1Oc1cc(N)cc(Br)c1. The molecule has 1 aromatic rings. The molecule has 1 saturated carbocycles. The number of ether oxygens (including phenoxy) is 1. The van der Waals surface area contributed by atoms with Crippen molar-refractivity contribution in [1.29, 1.82) is 0 Å². The number of benzene rings is 1. The van der Waals surface area contributed by atoms with Gasteiger partial charge in [-0.1, -0.05) is 29.3 Å². The summed E-state index contributed by atoms with van der Waals surface area (Å²) in [5, 5.41) is 0. The fourth-order valence-electron chi connectivity index (χ4n) is 2.62. The molecule has 0 radical (unpaired) electrons. The van der Waals surface area contributed by atoms with Crippen LogP contribution in [0.4, 0.5) is 5.69 Å². The fourth-order valence-corrected chi connectivity index (χ4v) is 3.11. The summed E-state index contributed by atoms with van der Waals surface area (Å²) in [5.41, 5.74) is 6.57. The average molecular weight is 298 g/mol. The predicted octanol–water partition coefficient (Wildman–Crippen LogP) is 4.38. The smallest absolute Gasteiger partial charge is 0.122 e. The zero-order valence-electron chi connectivity index (χ0n) is 10.3. The van der Waals surface area contributed by atoms with E-state index in [0.717, 1.165) is 15.9 Å². The van der Waals surface area contributed by atoms with Crippen molar-refractivity contribution in [1.82, 2.24) is 0 Å². The van der Waals surface area contributed by atoms with E-state index in [1.165, 1.54) is 32.1 Å². The molecule has 2 unspecified atom stereocenters. The monoisotopic (exact) mass is 297 g/mol. The Hall–Kier alpha value is -0.700. The first-order valence-electron chi connectivity index (χ1n) is 6.41. The molecule has 2 nitrogen and oxygen atoms in total. The maximum atomic E-state index is 6.11. The predicted molar refractivity (Wildman–Crippen MR) is 75.2 cm³/mol. The minimum Gasteiger partial charge on any atom is -0.490 e. The minimum absolute atomic E-state index is 0.363. The molecule has 0 amide bonds. The molecule has 0 saturated heterocycles. The molecular weight excluding hydrogens is 278 g/mol. The van der Waals surface area contributed by atoms with Gasteiger partial charge in [-0.2, -0.15) is 0 Å². The number of halogens is 1. The molecule has 3 heteroatoms. The summed E-state index contributed by atoms with van der Waals surface area (Å²) in [6.07, 6.45) is 6.66. The van der Waals surface area contributed by atoms with Gasteiger partial charge in [0, 0.05) is 16.2 Å². The second-order valence-corrected chi connectivity index (χ2v) is 5.75. The molecule has 1 aliphatic rings. The van der Waals surface area contributed by atoms with Gasteiger partial charge in [0.05, 0.1) is 0 Å². The Morgan fingerprint density at radius 1 is 1.29 bits per heavy atom. The number of hydrogen-bond acceptors (Lipinski definition) is 2. The van der Waals surface area contributed by atoms with Gasteiger partial charge in [0.15, 0.2) is 0 Å². The van der Waals surface area contributed by atoms with Crippen LogP contribution in [0.2, 0.25) is 0 Å². The van der Waals surface area contributed by atoms with Crippen LogP contribution >= 0.6 is 15.9 Å². The molecule has 1 aliphatic carbocycles. The van der Waals surface area contributed by atoms with Gasteiger partial charge in [-0.15, -0.1) is 0 Å². The molecule has 1 aromatic carbocycles. The minimum atomic E-state index is 0.363. The quantitative estimate of drug-likeness (QED) is 0.840. The highest BCUT2D eigenvalue weighted by molar-refractivity contribution is 9.10. The Morgan fingerprint density at radius 2 is 2.06 bits per heavy atom. The van der Waals surface area contributed by atoms with Crippen LogP contribution in [0.15, 0.2) is 22.7 Å². The molecule has 0 bridgehead atoms. The van der Waals surface area contributed by atoms with Gasteiger partial charge >= 0.3 is 0 Å². The summed E-state index contributed by atoms with van der Waals surface area (Å²) in [4.78, 5) is 0. The van der Waals surface area contributed by atoms with Crippen molar-refractivity contribution in [2.24, 2.45) is 5.92 Å². The summed E-state index contributed by atoms with van der Waals surface area (Å²) >= 11 is 3.45. The van der Waals surface area contributed by atoms with Crippen LogP contribution in [-0.2, 0) is 0 Å². The fraction of sp³-hybridized carbons (Fsp3) is 0.571. The summed E-state index contributed by atoms with van der Waals surface area (Å²) in [5.74, 6) is 1.59. The first kappa shape index (κ1) is 12.7. The highest BCUT2D eigenvalue weighted by Gasteiger charge is 2.25. The standard InChI is InChI=1S/C14H20BrNO/c1-2-10-5-3-4-6-14(10)17-13-8-11(15)7-12(16)9-13/h7-10,14H,2-6,16H2,1H3. The van der Waals surface area contributed by atoms with Crippen LogP contribution in [-0.4, -0.2) is 6.10 Å². The van der Waals surface area contributed by atoms with Crippen molar-refractivity contribution in [2.75, 3.05) is 5.73 Å². The Balaban J connectivity index is 2.08. The van der Waals surface area contributed by atoms with E-state index in [-0.39, 0.29) is 0 Å². The third-order valence-electron chi connectivity index (χ3n) is 3.54. The van der Waals surface area contributed by atoms with E-state index in [4.69, 9.17) is 10.5 Å². The van der Waals surface area contributed by atoms with Crippen LogP contribution in [0.1, 0.15) is 39.0 Å². The molecule has 2 N–H and O–H groups in total. The maximum Gasteiger partial charge on any atom is 0.122 e. The van der Waals surface area contributed by atoms with Crippen LogP contribution in [0, 0.1) is 5.92 Å². The number of rotatable bonds is 3. The molecule has 1 fully saturated rings. The first-order valence-corrected chi connectivity index (χ1v) is 7.21. The van der Waals surface area contributed by atoms with Crippen molar-refractivity contribution < 1.29 is 4.74 Å². The van der Waals surface area contributed by atoms with E-state index in [1.54, 1.807) is 0 Å². The van der Waals surface area contributed by atoms with Gasteiger partial charge in [-0.3, -0.25) is 0 Å². The zero-order chi connectivity index (χ0) is 12.3. The van der Waals surface area contributed by atoms with Crippen molar-refractivity contribution in [3.63, 3.8) is 0 Å². The Kier molecular flexibility index (Phi) is 4.32. The van der Waals surface area contributed by atoms with E-state index in [2.05, 4.69) is 22.9 Å². The second-order valence-electron chi connectivity index (χ2n) is 4.83. The zero-order valence-corrected chi connectivity index (χ0v) is 11.9. The molecule has 0 spiro atoms. The number of anilines is 1. The van der Waals surface area contributed by atoms with Crippen LogP contribution in [0.25, 0.3) is 0 Å². The summed E-state index contributed by atoms with van der Waals surface area (Å²) in [6.45, 7) is 2.25. The second kappa shape index (κ2) is 5.76. The highest BCUT2D eigenvalue weighted by Crippen LogP contribution is 2.32. The lowest BCUT2D eigenvalue weighted by molar-refractivity contribution is 0.0904. The Bertz CT molecular complexity index is 360. The van der Waals surface area contributed by atoms with Gasteiger partial charge in [0.25, 0.3) is 0 Å². The number of nitrogens with two attached hydrogens (primary N) is 1. The maximum absolute atomic E-state index is 6.11. The molecule has 94 valence electrons. The topological polar surface area (TPSA) is 35.2 Å². The van der Waals surface area contributed by atoms with Gasteiger partial charge in [0.1, 0.15) is 11.9 Å². The summed E-state index contributed by atoms with van der Waals surface area (Å²) in [7, 11) is 0. The normalized spacial score (nSPS) is 24.6. The third kappa shape index (κ3) is 3.38. The van der Waals surface area contributed by atoms with Crippen molar-refractivity contribution in [2.45, 2.75) is 45.1 Å². The molecular formula is C14H20BrNO. The Labute approximate surface area is 112 Å². The Morgan fingerprint density at radius 3 is 2.76 bits per heavy atom. The lowest BCUT2D eigenvalue weighted by atomic mass is 9.85. The largest absolute Gasteiger partial charge is 0.490 e. The lowest BCUT2D eigenvalue weighted by Crippen LogP contribution is -2.29. The van der Waals surface area contributed by atoms with Crippen molar-refractivity contribution in [3.05, 3.63) is 22.7 Å². The third-order valence-corrected chi connectivity index (χ3v) is 4.00. The van der Waals surface area contributed by atoms with Crippen molar-refractivity contribution >= 4 is 21.6 Å².